The van der Waals surface area contributed by atoms with E-state index >= 15 is 0 Å². The molecule has 1 saturated heterocycles. The number of carbonyl (C=O) groups is 1. The first-order valence-corrected chi connectivity index (χ1v) is 7.44. The lowest BCUT2D eigenvalue weighted by atomic mass is 9.78. The summed E-state index contributed by atoms with van der Waals surface area (Å²) < 4.78 is 5.29. The summed E-state index contributed by atoms with van der Waals surface area (Å²) in [7, 11) is 0. The fraction of sp³-hybridized carbons (Fsp3) is 0.857. The van der Waals surface area contributed by atoms with Crippen molar-refractivity contribution in [3.8, 4) is 0 Å². The third kappa shape index (κ3) is 2.90. The molecule has 1 aliphatic carbocycles. The van der Waals surface area contributed by atoms with E-state index in [2.05, 4.69) is 17.4 Å². The average molecular weight is 283 g/mol. The third-order valence-corrected chi connectivity index (χ3v) is 4.94. The van der Waals surface area contributed by atoms with Crippen molar-refractivity contribution in [1.82, 2.24) is 5.32 Å². The minimum atomic E-state index is -0.908. The van der Waals surface area contributed by atoms with E-state index in [4.69, 9.17) is 15.7 Å². The van der Waals surface area contributed by atoms with Gasteiger partial charge >= 0.3 is 0 Å². The van der Waals surface area contributed by atoms with Crippen molar-refractivity contribution >= 4 is 11.7 Å². The summed E-state index contributed by atoms with van der Waals surface area (Å²) in [6.45, 7) is 3.84. The highest BCUT2D eigenvalue weighted by Gasteiger charge is 2.44. The molecule has 2 rings (SSSR count). The van der Waals surface area contributed by atoms with E-state index in [0.29, 0.717) is 44.4 Å². The van der Waals surface area contributed by atoms with Gasteiger partial charge in [0.05, 0.1) is 0 Å². The maximum atomic E-state index is 12.5. The number of carbonyl (C=O) groups excluding carboxylic acids is 1. The highest BCUT2D eigenvalue weighted by Crippen LogP contribution is 2.33. The van der Waals surface area contributed by atoms with Crippen LogP contribution in [0.25, 0.3) is 0 Å². The van der Waals surface area contributed by atoms with Gasteiger partial charge in [-0.1, -0.05) is 24.9 Å². The smallest absolute Gasteiger partial charge is 0.234 e. The molecule has 0 aromatic rings. The van der Waals surface area contributed by atoms with E-state index in [1.54, 1.807) is 0 Å². The maximum Gasteiger partial charge on any atom is 0.234 e. The molecule has 0 bridgehead atoms. The van der Waals surface area contributed by atoms with E-state index in [1.807, 2.05) is 0 Å². The number of nitrogens with zero attached hydrogens (tertiary/aromatic N) is 1. The van der Waals surface area contributed by atoms with Crippen LogP contribution in [-0.4, -0.2) is 36.7 Å². The zero-order valence-corrected chi connectivity index (χ0v) is 12.1. The van der Waals surface area contributed by atoms with E-state index < -0.39 is 5.41 Å². The highest BCUT2D eigenvalue weighted by atomic mass is 16.5. The largest absolute Gasteiger partial charge is 0.409 e. The molecule has 2 unspecified atom stereocenters. The van der Waals surface area contributed by atoms with Crippen molar-refractivity contribution in [2.45, 2.75) is 39.0 Å². The van der Waals surface area contributed by atoms with Crippen LogP contribution in [0.1, 0.15) is 39.0 Å². The van der Waals surface area contributed by atoms with Gasteiger partial charge in [-0.25, -0.2) is 0 Å². The molecule has 4 N–H and O–H groups in total. The van der Waals surface area contributed by atoms with Crippen molar-refractivity contribution < 1.29 is 14.7 Å². The molecule has 1 aliphatic heterocycles. The summed E-state index contributed by atoms with van der Waals surface area (Å²) in [6, 6.07) is 0. The second kappa shape index (κ2) is 6.43. The molecular weight excluding hydrogens is 258 g/mol. The number of hydrogen-bond donors (Lipinski definition) is 3. The molecule has 2 atom stereocenters. The number of ether oxygens (including phenoxy) is 1. The van der Waals surface area contributed by atoms with Gasteiger partial charge in [0.25, 0.3) is 0 Å². The Morgan fingerprint density at radius 3 is 2.70 bits per heavy atom. The molecule has 1 heterocycles. The Labute approximate surface area is 119 Å². The van der Waals surface area contributed by atoms with Crippen LogP contribution < -0.4 is 11.1 Å². The van der Waals surface area contributed by atoms with Crippen molar-refractivity contribution in [2.24, 2.45) is 28.1 Å². The Bertz CT molecular complexity index is 378. The normalized spacial score (nSPS) is 30.1. The maximum absolute atomic E-state index is 12.5. The zero-order valence-electron chi connectivity index (χ0n) is 12.1. The fourth-order valence-corrected chi connectivity index (χ4v) is 3.33. The molecule has 0 radical (unpaired) electrons. The standard InChI is InChI=1S/C14H25N3O3/c1-10-3-2-4-11(10)9-16-13(18)14(12(15)17-19)5-7-20-8-6-14/h10-11,19H,2-9H2,1H3,(H2,15,17)(H,16,18). The molecule has 0 aromatic carbocycles. The predicted molar refractivity (Wildman–Crippen MR) is 75.4 cm³/mol. The number of amidine groups is 1. The van der Waals surface area contributed by atoms with Crippen LogP contribution in [0.2, 0.25) is 0 Å². The topological polar surface area (TPSA) is 96.9 Å². The predicted octanol–water partition coefficient (Wildman–Crippen LogP) is 1.08. The van der Waals surface area contributed by atoms with Gasteiger partial charge in [0.15, 0.2) is 5.84 Å². The minimum Gasteiger partial charge on any atom is -0.409 e. The lowest BCUT2D eigenvalue weighted by molar-refractivity contribution is -0.131. The quantitative estimate of drug-likeness (QED) is 0.311. The van der Waals surface area contributed by atoms with Crippen LogP contribution >= 0.6 is 0 Å². The monoisotopic (exact) mass is 283 g/mol. The van der Waals surface area contributed by atoms with Gasteiger partial charge in [0.1, 0.15) is 5.41 Å². The second-order valence-electron chi connectivity index (χ2n) is 6.06. The van der Waals surface area contributed by atoms with Crippen LogP contribution in [0.3, 0.4) is 0 Å². The Morgan fingerprint density at radius 1 is 1.45 bits per heavy atom. The number of oxime groups is 1. The van der Waals surface area contributed by atoms with E-state index in [-0.39, 0.29) is 11.7 Å². The van der Waals surface area contributed by atoms with Gasteiger partial charge < -0.3 is 21.0 Å². The third-order valence-electron chi connectivity index (χ3n) is 4.94. The summed E-state index contributed by atoms with van der Waals surface area (Å²) in [5.74, 6) is 1.07. The molecule has 20 heavy (non-hydrogen) atoms. The van der Waals surface area contributed by atoms with Crippen molar-refractivity contribution in [1.29, 1.82) is 0 Å². The number of rotatable bonds is 4. The van der Waals surface area contributed by atoms with Crippen molar-refractivity contribution in [2.75, 3.05) is 19.8 Å². The number of nitrogens with one attached hydrogen (secondary N) is 1. The first-order chi connectivity index (χ1) is 9.60. The summed E-state index contributed by atoms with van der Waals surface area (Å²) in [4.78, 5) is 12.5. The SMILES string of the molecule is CC1CCCC1CNC(=O)C1(C(N)=NO)CCOCC1. The summed E-state index contributed by atoms with van der Waals surface area (Å²) in [5, 5.41) is 15.1. The molecule has 2 aliphatic rings. The zero-order chi connectivity index (χ0) is 14.6. The minimum absolute atomic E-state index is 0.00206. The van der Waals surface area contributed by atoms with Gasteiger partial charge in [-0.05, 0) is 31.1 Å². The van der Waals surface area contributed by atoms with E-state index in [9.17, 15) is 4.79 Å². The first kappa shape index (κ1) is 15.1. The van der Waals surface area contributed by atoms with Gasteiger partial charge in [-0.2, -0.15) is 0 Å². The van der Waals surface area contributed by atoms with E-state index in [0.717, 1.165) is 0 Å². The number of nitrogens with two attached hydrogens (primary N) is 1. The first-order valence-electron chi connectivity index (χ1n) is 7.44. The van der Waals surface area contributed by atoms with Crippen LogP contribution in [0.5, 0.6) is 0 Å². The Balaban J connectivity index is 2.00. The highest BCUT2D eigenvalue weighted by molar-refractivity contribution is 6.06. The Hall–Kier alpha value is -1.30. The van der Waals surface area contributed by atoms with Crippen LogP contribution in [0, 0.1) is 17.3 Å². The Morgan fingerprint density at radius 2 is 2.15 bits per heavy atom. The molecule has 6 heteroatoms. The van der Waals surface area contributed by atoms with Crippen LogP contribution in [0.15, 0.2) is 5.16 Å². The summed E-state index contributed by atoms with van der Waals surface area (Å²) in [5.41, 5.74) is 4.87. The number of amides is 1. The average Bonchev–Trinajstić information content (AvgIpc) is 2.89. The lowest BCUT2D eigenvalue weighted by Crippen LogP contribution is -2.53. The van der Waals surface area contributed by atoms with Gasteiger partial charge in [-0.3, -0.25) is 4.79 Å². The molecule has 6 nitrogen and oxygen atoms in total. The Kier molecular flexibility index (Phi) is 4.86. The van der Waals surface area contributed by atoms with Crippen LogP contribution in [0.4, 0.5) is 0 Å². The van der Waals surface area contributed by atoms with E-state index in [1.165, 1.54) is 19.3 Å². The van der Waals surface area contributed by atoms with Crippen LogP contribution in [-0.2, 0) is 9.53 Å². The molecule has 0 spiro atoms. The number of hydrogen-bond acceptors (Lipinski definition) is 4. The molecule has 2 fully saturated rings. The summed E-state index contributed by atoms with van der Waals surface area (Å²) in [6.07, 6.45) is 4.58. The van der Waals surface area contributed by atoms with Gasteiger partial charge in [0, 0.05) is 19.8 Å². The summed E-state index contributed by atoms with van der Waals surface area (Å²) >= 11 is 0. The van der Waals surface area contributed by atoms with Crippen molar-refractivity contribution in [3.05, 3.63) is 0 Å². The molecule has 0 aromatic heterocycles. The molecule has 114 valence electrons. The van der Waals surface area contributed by atoms with Crippen molar-refractivity contribution in [3.63, 3.8) is 0 Å². The van der Waals surface area contributed by atoms with Gasteiger partial charge in [-0.15, -0.1) is 0 Å². The second-order valence-corrected chi connectivity index (χ2v) is 6.06. The fourth-order valence-electron chi connectivity index (χ4n) is 3.33. The molecule has 1 saturated carbocycles. The van der Waals surface area contributed by atoms with Gasteiger partial charge in [0.2, 0.25) is 5.91 Å². The molecular formula is C14H25N3O3. The lowest BCUT2D eigenvalue weighted by Gasteiger charge is -2.34. The molecule has 1 amide bonds.